The summed E-state index contributed by atoms with van der Waals surface area (Å²) in [5.41, 5.74) is 6.48. The number of carbonyl (C=O) groups excluding carboxylic acids is 1. The summed E-state index contributed by atoms with van der Waals surface area (Å²) in [6, 6.07) is 17.2. The number of benzene rings is 2. The van der Waals surface area contributed by atoms with Crippen LogP contribution in [0.1, 0.15) is 32.7 Å². The van der Waals surface area contributed by atoms with Crippen molar-refractivity contribution in [3.63, 3.8) is 0 Å². The molecule has 0 radical (unpaired) electrons. The molecule has 1 aliphatic rings. The monoisotopic (exact) mass is 514 g/mol. The maximum Gasteiger partial charge on any atom is 0.258 e. The van der Waals surface area contributed by atoms with E-state index in [4.69, 9.17) is 4.98 Å². The Balaban J connectivity index is 0.00000171. The minimum Gasteiger partial charge on any atom is -0.336 e. The fourth-order valence-corrected chi connectivity index (χ4v) is 4.62. The molecule has 4 aromatic rings. The van der Waals surface area contributed by atoms with Gasteiger partial charge in [-0.25, -0.2) is 4.39 Å². The molecule has 0 atom stereocenters. The van der Waals surface area contributed by atoms with Crippen molar-refractivity contribution in [2.75, 3.05) is 26.2 Å². The number of hydrogen-bond acceptors (Lipinski definition) is 3. The Labute approximate surface area is 217 Å². The molecule has 2 aromatic carbocycles. The van der Waals surface area contributed by atoms with Gasteiger partial charge in [0.1, 0.15) is 11.3 Å². The van der Waals surface area contributed by atoms with Gasteiger partial charge in [-0.1, -0.05) is 30.3 Å². The van der Waals surface area contributed by atoms with Gasteiger partial charge >= 0.3 is 0 Å². The van der Waals surface area contributed by atoms with Gasteiger partial charge in [0.05, 0.1) is 11.1 Å². The van der Waals surface area contributed by atoms with Crippen molar-refractivity contribution < 1.29 is 9.18 Å². The third kappa shape index (κ3) is 5.06. The first-order valence-electron chi connectivity index (χ1n) is 11.3. The number of nitrogens with one attached hydrogen (secondary N) is 1. The molecular weight excluding hydrogens is 486 g/mol. The summed E-state index contributed by atoms with van der Waals surface area (Å²) >= 11 is 0. The van der Waals surface area contributed by atoms with Crippen LogP contribution in [0, 0.1) is 19.7 Å². The normalized spacial score (nSPS) is 13.3. The molecule has 3 heterocycles. The lowest BCUT2D eigenvalue weighted by atomic mass is 10.0. The van der Waals surface area contributed by atoms with E-state index < -0.39 is 0 Å². The van der Waals surface area contributed by atoms with Crippen molar-refractivity contribution in [2.45, 2.75) is 20.3 Å². The molecule has 5 nitrogen and oxygen atoms in total. The Morgan fingerprint density at radius 2 is 1.74 bits per heavy atom. The van der Waals surface area contributed by atoms with E-state index in [0.717, 1.165) is 41.1 Å². The highest BCUT2D eigenvalue weighted by molar-refractivity contribution is 6.07. The zero-order valence-electron chi connectivity index (χ0n) is 19.8. The number of halogens is 3. The zero-order chi connectivity index (χ0) is 22.9. The number of aryl methyl sites for hydroxylation is 1. The van der Waals surface area contributed by atoms with Crippen LogP contribution in [0.25, 0.3) is 16.7 Å². The van der Waals surface area contributed by atoms with Crippen LogP contribution in [-0.2, 0) is 6.42 Å². The minimum absolute atomic E-state index is 0. The van der Waals surface area contributed by atoms with Gasteiger partial charge in [-0.15, -0.1) is 24.8 Å². The predicted molar refractivity (Wildman–Crippen MR) is 143 cm³/mol. The lowest BCUT2D eigenvalue weighted by molar-refractivity contribution is 0.0736. The molecule has 35 heavy (non-hydrogen) atoms. The average Bonchev–Trinajstić information content (AvgIpc) is 3.15. The zero-order valence-corrected chi connectivity index (χ0v) is 21.4. The smallest absolute Gasteiger partial charge is 0.258 e. The van der Waals surface area contributed by atoms with E-state index in [2.05, 4.69) is 16.0 Å². The molecule has 2 aromatic heterocycles. The van der Waals surface area contributed by atoms with E-state index in [1.807, 2.05) is 54.4 Å². The molecule has 8 heteroatoms. The minimum atomic E-state index is -0.237. The van der Waals surface area contributed by atoms with Gasteiger partial charge in [-0.2, -0.15) is 0 Å². The highest BCUT2D eigenvalue weighted by Crippen LogP contribution is 2.32. The molecule has 0 spiro atoms. The Bertz CT molecular complexity index is 1330. The van der Waals surface area contributed by atoms with E-state index in [-0.39, 0.29) is 36.5 Å². The molecule has 184 valence electrons. The number of pyridine rings is 1. The fraction of sp³-hybridized carbons (Fsp3) is 0.259. The van der Waals surface area contributed by atoms with Crippen molar-refractivity contribution in [2.24, 2.45) is 0 Å². The number of hydrogen-bond donors (Lipinski definition) is 1. The molecule has 0 unspecified atom stereocenters. The number of para-hydroxylation sites is 1. The Morgan fingerprint density at radius 1 is 1.03 bits per heavy atom. The van der Waals surface area contributed by atoms with Gasteiger partial charge in [-0.05, 0) is 54.8 Å². The number of carbonyl (C=O) groups is 1. The molecular formula is C27H29Cl2FN4O. The van der Waals surface area contributed by atoms with Crippen LogP contribution >= 0.6 is 24.8 Å². The van der Waals surface area contributed by atoms with Gasteiger partial charge in [0, 0.05) is 50.2 Å². The summed E-state index contributed by atoms with van der Waals surface area (Å²) in [7, 11) is 0. The summed E-state index contributed by atoms with van der Waals surface area (Å²) in [4.78, 5) is 20.5. The standard InChI is InChI=1S/C27H27FN4O.2ClH/c1-18-15-24-26(30-17-18)25(27(33)31-13-11-29-12-14-31)23(32(24)21-8-4-3-5-9-21)16-20-7-6-10-22(28)19(20)2;;/h3-10,15,17,29H,11-14,16H2,1-2H3;2*1H. The first-order chi connectivity index (χ1) is 16.0. The summed E-state index contributed by atoms with van der Waals surface area (Å²) < 4.78 is 16.5. The van der Waals surface area contributed by atoms with Gasteiger partial charge in [0.2, 0.25) is 0 Å². The van der Waals surface area contributed by atoms with Gasteiger partial charge in [-0.3, -0.25) is 9.78 Å². The van der Waals surface area contributed by atoms with Gasteiger partial charge < -0.3 is 14.8 Å². The second-order valence-electron chi connectivity index (χ2n) is 8.62. The van der Waals surface area contributed by atoms with Crippen LogP contribution in [0.4, 0.5) is 4.39 Å². The number of aromatic nitrogens is 2. The summed E-state index contributed by atoms with van der Waals surface area (Å²) in [5, 5.41) is 3.31. The van der Waals surface area contributed by atoms with Crippen LogP contribution in [0.5, 0.6) is 0 Å². The Morgan fingerprint density at radius 3 is 2.46 bits per heavy atom. The maximum absolute atomic E-state index is 14.4. The Hall–Kier alpha value is -2.93. The van der Waals surface area contributed by atoms with E-state index in [9.17, 15) is 9.18 Å². The largest absolute Gasteiger partial charge is 0.336 e. The molecule has 1 amide bonds. The molecule has 1 aliphatic heterocycles. The predicted octanol–water partition coefficient (Wildman–Crippen LogP) is 5.26. The lowest BCUT2D eigenvalue weighted by Gasteiger charge is -2.27. The first-order valence-corrected chi connectivity index (χ1v) is 11.3. The number of amides is 1. The van der Waals surface area contributed by atoms with E-state index in [0.29, 0.717) is 36.2 Å². The van der Waals surface area contributed by atoms with E-state index in [1.165, 1.54) is 6.07 Å². The van der Waals surface area contributed by atoms with Crippen LogP contribution < -0.4 is 5.32 Å². The van der Waals surface area contributed by atoms with Crippen molar-refractivity contribution in [1.82, 2.24) is 19.8 Å². The van der Waals surface area contributed by atoms with Gasteiger partial charge in [0.15, 0.2) is 0 Å². The average molecular weight is 515 g/mol. The van der Waals surface area contributed by atoms with Crippen LogP contribution in [0.2, 0.25) is 0 Å². The van der Waals surface area contributed by atoms with Crippen LogP contribution in [-0.4, -0.2) is 46.5 Å². The van der Waals surface area contributed by atoms with E-state index >= 15 is 0 Å². The highest BCUT2D eigenvalue weighted by Gasteiger charge is 2.29. The summed E-state index contributed by atoms with van der Waals surface area (Å²) in [6.07, 6.45) is 2.24. The molecule has 0 bridgehead atoms. The SMILES string of the molecule is Cc1cnc2c(C(=O)N3CCNCC3)c(Cc3cccc(F)c3C)n(-c3ccccc3)c2c1.Cl.Cl. The second kappa shape index (κ2) is 11.2. The maximum atomic E-state index is 14.4. The number of rotatable bonds is 4. The third-order valence-corrected chi connectivity index (χ3v) is 6.41. The molecule has 1 fully saturated rings. The van der Waals surface area contributed by atoms with Crippen molar-refractivity contribution in [1.29, 1.82) is 0 Å². The van der Waals surface area contributed by atoms with Crippen molar-refractivity contribution >= 4 is 41.8 Å². The number of piperazine rings is 1. The quantitative estimate of drug-likeness (QED) is 0.404. The second-order valence-corrected chi connectivity index (χ2v) is 8.62. The van der Waals surface area contributed by atoms with Crippen molar-refractivity contribution in [3.8, 4) is 5.69 Å². The fourth-order valence-electron chi connectivity index (χ4n) is 4.62. The lowest BCUT2D eigenvalue weighted by Crippen LogP contribution is -2.46. The molecule has 0 saturated carbocycles. The summed E-state index contributed by atoms with van der Waals surface area (Å²) in [5.74, 6) is -0.254. The molecule has 5 rings (SSSR count). The number of fused-ring (bicyclic) bond motifs is 1. The van der Waals surface area contributed by atoms with Crippen molar-refractivity contribution in [3.05, 3.63) is 94.6 Å². The number of nitrogens with zero attached hydrogens (tertiary/aromatic N) is 3. The topological polar surface area (TPSA) is 50.2 Å². The first kappa shape index (κ1) is 26.7. The van der Waals surface area contributed by atoms with Crippen LogP contribution in [0.15, 0.2) is 60.8 Å². The molecule has 1 N–H and O–H groups in total. The van der Waals surface area contributed by atoms with E-state index in [1.54, 1.807) is 13.0 Å². The highest BCUT2D eigenvalue weighted by atomic mass is 35.5. The van der Waals surface area contributed by atoms with Gasteiger partial charge in [0.25, 0.3) is 5.91 Å². The Kier molecular flexibility index (Phi) is 8.54. The molecule has 0 aliphatic carbocycles. The molecule has 1 saturated heterocycles. The summed E-state index contributed by atoms with van der Waals surface area (Å²) in [6.45, 7) is 6.65. The van der Waals surface area contributed by atoms with Crippen LogP contribution in [0.3, 0.4) is 0 Å². The third-order valence-electron chi connectivity index (χ3n) is 6.41.